The molecule has 5 nitrogen and oxygen atoms in total. The van der Waals surface area contributed by atoms with Crippen LogP contribution in [0.5, 0.6) is 0 Å². The highest BCUT2D eigenvalue weighted by Crippen LogP contribution is 2.41. The van der Waals surface area contributed by atoms with E-state index in [0.717, 1.165) is 5.56 Å². The number of hydrogen-bond donors (Lipinski definition) is 1. The average Bonchev–Trinajstić information content (AvgIpc) is 3.28. The second-order valence-corrected chi connectivity index (χ2v) is 11.9. The Morgan fingerprint density at radius 2 is 1.39 bits per heavy atom. The topological polar surface area (TPSA) is 60.6 Å². The monoisotopic (exact) mass is 505 g/mol. The third kappa shape index (κ3) is 5.11. The van der Waals surface area contributed by atoms with Gasteiger partial charge < -0.3 is 0 Å². The summed E-state index contributed by atoms with van der Waals surface area (Å²) < 4.78 is 36.9. The summed E-state index contributed by atoms with van der Waals surface area (Å²) in [7, 11) is -4.40. The van der Waals surface area contributed by atoms with Crippen LogP contribution in [0, 0.1) is 0 Å². The Morgan fingerprint density at radius 1 is 0.833 bits per heavy atom. The summed E-state index contributed by atoms with van der Waals surface area (Å²) in [6.45, 7) is 14.0. The first-order valence-electron chi connectivity index (χ1n) is 12.7. The van der Waals surface area contributed by atoms with Gasteiger partial charge in [0.2, 0.25) is 6.34 Å². The van der Waals surface area contributed by atoms with Crippen LogP contribution in [0.2, 0.25) is 0 Å². The van der Waals surface area contributed by atoms with Crippen LogP contribution in [0.25, 0.3) is 0 Å². The van der Waals surface area contributed by atoms with Gasteiger partial charge in [-0.05, 0) is 35.4 Å². The van der Waals surface area contributed by atoms with Crippen molar-refractivity contribution >= 4 is 27.8 Å². The van der Waals surface area contributed by atoms with E-state index in [1.807, 2.05) is 29.4 Å². The molecule has 3 aromatic rings. The molecule has 1 N–H and O–H groups in total. The first-order valence-corrected chi connectivity index (χ1v) is 14.1. The summed E-state index contributed by atoms with van der Waals surface area (Å²) in [5.41, 5.74) is 6.65. The molecular formula is C30H37N2O3S+. The van der Waals surface area contributed by atoms with Crippen LogP contribution in [0.1, 0.15) is 87.6 Å². The molecule has 1 aliphatic rings. The van der Waals surface area contributed by atoms with Crippen molar-refractivity contribution in [3.8, 4) is 0 Å². The molecule has 0 saturated carbocycles. The molecule has 1 atom stereocenters. The second kappa shape index (κ2) is 10.2. The van der Waals surface area contributed by atoms with Gasteiger partial charge in [-0.1, -0.05) is 96.1 Å². The number of rotatable bonds is 7. The zero-order valence-electron chi connectivity index (χ0n) is 22.0. The van der Waals surface area contributed by atoms with Crippen molar-refractivity contribution < 1.29 is 17.5 Å². The molecule has 3 aromatic carbocycles. The lowest BCUT2D eigenvalue weighted by molar-refractivity contribution is -0.430. The van der Waals surface area contributed by atoms with Crippen LogP contribution in [0.3, 0.4) is 0 Å². The highest BCUT2D eigenvalue weighted by atomic mass is 32.2. The van der Waals surface area contributed by atoms with Crippen molar-refractivity contribution in [2.24, 2.45) is 0 Å². The highest BCUT2D eigenvalue weighted by molar-refractivity contribution is 7.86. The Balaban J connectivity index is 1.97. The molecule has 0 amide bonds. The summed E-state index contributed by atoms with van der Waals surface area (Å²) >= 11 is 0. The molecule has 0 aromatic heterocycles. The molecule has 0 bridgehead atoms. The van der Waals surface area contributed by atoms with Gasteiger partial charge in [-0.15, -0.1) is 0 Å². The van der Waals surface area contributed by atoms with Crippen molar-refractivity contribution in [3.63, 3.8) is 0 Å². The second-order valence-electron chi connectivity index (χ2n) is 10.6. The van der Waals surface area contributed by atoms with Gasteiger partial charge in [0.15, 0.2) is 6.04 Å². The van der Waals surface area contributed by atoms with E-state index in [-0.39, 0.29) is 10.9 Å². The van der Waals surface area contributed by atoms with Crippen LogP contribution in [0.4, 0.5) is 11.4 Å². The number of nitrogens with zero attached hydrogens (tertiary/aromatic N) is 2. The van der Waals surface area contributed by atoms with E-state index in [2.05, 4.69) is 70.4 Å². The Morgan fingerprint density at radius 3 is 1.92 bits per heavy atom. The van der Waals surface area contributed by atoms with E-state index in [1.165, 1.54) is 28.4 Å². The summed E-state index contributed by atoms with van der Waals surface area (Å²) in [6, 6.07) is 21.3. The number of anilines is 1. The quantitative estimate of drug-likeness (QED) is 0.272. The van der Waals surface area contributed by atoms with E-state index >= 15 is 0 Å². The van der Waals surface area contributed by atoms with Gasteiger partial charge >= 0.3 is 0 Å². The molecule has 1 heterocycles. The lowest BCUT2D eigenvalue weighted by atomic mass is 9.87. The fourth-order valence-electron chi connectivity index (χ4n) is 5.01. The Kier molecular flexibility index (Phi) is 7.39. The van der Waals surface area contributed by atoms with Crippen LogP contribution < -0.4 is 4.90 Å². The van der Waals surface area contributed by atoms with Crippen LogP contribution in [-0.2, 0) is 10.1 Å². The first kappa shape index (κ1) is 26.1. The van der Waals surface area contributed by atoms with Gasteiger partial charge in [0.25, 0.3) is 10.1 Å². The minimum Gasteiger partial charge on any atom is -0.282 e. The molecule has 0 saturated heterocycles. The van der Waals surface area contributed by atoms with Crippen molar-refractivity contribution in [1.82, 2.24) is 0 Å². The third-order valence-electron chi connectivity index (χ3n) is 6.96. The summed E-state index contributed by atoms with van der Waals surface area (Å²) in [5.74, 6) is 1.06. The molecule has 190 valence electrons. The fourth-order valence-corrected chi connectivity index (χ4v) is 5.70. The Bertz CT molecular complexity index is 1350. The number of benzene rings is 3. The lowest BCUT2D eigenvalue weighted by Crippen LogP contribution is -2.25. The van der Waals surface area contributed by atoms with Crippen LogP contribution >= 0.6 is 0 Å². The average molecular weight is 506 g/mol. The SMILES string of the molecule is CC(C)c1cc(C(C)C)c([N+]2=CN(c3ccccc3S(=O)(=O)O)[C@@H](c3ccccc3)C2)c(C(C)C)c1. The van der Waals surface area contributed by atoms with Gasteiger partial charge in [0.05, 0.1) is 0 Å². The number of para-hydroxylation sites is 1. The van der Waals surface area contributed by atoms with E-state index in [4.69, 9.17) is 0 Å². The highest BCUT2D eigenvalue weighted by Gasteiger charge is 2.39. The van der Waals surface area contributed by atoms with Crippen molar-refractivity contribution in [2.75, 3.05) is 11.4 Å². The zero-order chi connectivity index (χ0) is 26.2. The predicted molar refractivity (Wildman–Crippen MR) is 147 cm³/mol. The lowest BCUT2D eigenvalue weighted by Gasteiger charge is -2.22. The van der Waals surface area contributed by atoms with Gasteiger partial charge in [0, 0.05) is 16.7 Å². The molecule has 0 spiro atoms. The Labute approximate surface area is 215 Å². The molecule has 1 aliphatic heterocycles. The van der Waals surface area contributed by atoms with E-state index in [0.29, 0.717) is 30.0 Å². The maximum atomic E-state index is 12.3. The zero-order valence-corrected chi connectivity index (χ0v) is 22.8. The molecule has 6 heteroatoms. The molecular weight excluding hydrogens is 468 g/mol. The summed E-state index contributed by atoms with van der Waals surface area (Å²) in [5, 5.41) is 0. The maximum absolute atomic E-state index is 12.3. The van der Waals surface area contributed by atoms with Gasteiger partial charge in [0.1, 0.15) is 22.8 Å². The first-order chi connectivity index (χ1) is 17.0. The smallest absolute Gasteiger partial charge is 0.282 e. The van der Waals surface area contributed by atoms with Crippen LogP contribution in [0.15, 0.2) is 71.6 Å². The molecule has 0 aliphatic carbocycles. The molecule has 36 heavy (non-hydrogen) atoms. The standard InChI is InChI=1S/C30H36N2O3S/c1-20(2)24-16-25(21(3)4)30(26(17-24)22(5)6)31-18-28(23-12-8-7-9-13-23)32(19-31)27-14-10-11-15-29(27)36(33,34)35/h7-17,19-22,28H,18H2,1-6H3/p+1/t28-/m1/s1. The van der Waals surface area contributed by atoms with Crippen LogP contribution in [-0.4, -0.2) is 30.4 Å². The summed E-state index contributed by atoms with van der Waals surface area (Å²) in [4.78, 5) is 1.90. The molecule has 4 rings (SSSR count). The van der Waals surface area contributed by atoms with Gasteiger partial charge in [-0.2, -0.15) is 8.42 Å². The summed E-state index contributed by atoms with van der Waals surface area (Å²) in [6.07, 6.45) is 2.02. The fraction of sp³-hybridized carbons (Fsp3) is 0.367. The van der Waals surface area contributed by atoms with Gasteiger partial charge in [-0.25, -0.2) is 9.48 Å². The Hall–Kier alpha value is -2.96. The predicted octanol–water partition coefficient (Wildman–Crippen LogP) is 7.24. The van der Waals surface area contributed by atoms with E-state index < -0.39 is 10.1 Å². The minimum atomic E-state index is -4.40. The van der Waals surface area contributed by atoms with E-state index in [9.17, 15) is 13.0 Å². The molecule has 0 radical (unpaired) electrons. The van der Waals surface area contributed by atoms with Crippen molar-refractivity contribution in [2.45, 2.75) is 70.2 Å². The number of hydrogen-bond acceptors (Lipinski definition) is 3. The molecule has 0 fully saturated rings. The van der Waals surface area contributed by atoms with Gasteiger partial charge in [-0.3, -0.25) is 4.55 Å². The molecule has 0 unspecified atom stereocenters. The third-order valence-corrected chi connectivity index (χ3v) is 7.87. The normalized spacial score (nSPS) is 16.3. The largest absolute Gasteiger partial charge is 0.298 e. The van der Waals surface area contributed by atoms with Crippen molar-refractivity contribution in [3.05, 3.63) is 89.0 Å². The van der Waals surface area contributed by atoms with E-state index in [1.54, 1.807) is 18.2 Å². The van der Waals surface area contributed by atoms with Crippen molar-refractivity contribution in [1.29, 1.82) is 0 Å². The minimum absolute atomic E-state index is 0.0904. The maximum Gasteiger partial charge on any atom is 0.298 e.